The highest BCUT2D eigenvalue weighted by atomic mass is 19.1. The molecule has 2 aromatic rings. The Kier molecular flexibility index (Phi) is 7.11. The van der Waals surface area contributed by atoms with Crippen LogP contribution in [0.5, 0.6) is 11.5 Å². The molecule has 0 aliphatic rings. The number of rotatable bonds is 7. The summed E-state index contributed by atoms with van der Waals surface area (Å²) in [5.41, 5.74) is 5.73. The van der Waals surface area contributed by atoms with Gasteiger partial charge in [0.05, 0.1) is 6.61 Å². The predicted octanol–water partition coefficient (Wildman–Crippen LogP) is 2.91. The Balaban J connectivity index is 2.23. The molecule has 0 heterocycles. The molecule has 0 aliphatic heterocycles. The summed E-state index contributed by atoms with van der Waals surface area (Å²) in [4.78, 5) is 22.5. The van der Waals surface area contributed by atoms with Crippen LogP contribution in [-0.4, -0.2) is 18.5 Å². The number of amides is 3. The lowest BCUT2D eigenvalue weighted by atomic mass is 10.1. The number of nitrogens with two attached hydrogens (primary N) is 1. The fourth-order valence-corrected chi connectivity index (χ4v) is 2.28. The second kappa shape index (κ2) is 9.73. The van der Waals surface area contributed by atoms with E-state index in [0.29, 0.717) is 29.2 Å². The van der Waals surface area contributed by atoms with Crippen LogP contribution < -0.4 is 20.5 Å². The molecular formula is C20H18FN3O4. The zero-order valence-electron chi connectivity index (χ0n) is 15.1. The average Bonchev–Trinajstić information content (AvgIpc) is 2.65. The molecule has 0 aliphatic carbocycles. The number of hydrogen-bond acceptors (Lipinski definition) is 5. The van der Waals surface area contributed by atoms with Crippen molar-refractivity contribution in [3.63, 3.8) is 0 Å². The molecule has 0 radical (unpaired) electrons. The largest absolute Gasteiger partial charge is 0.490 e. The van der Waals surface area contributed by atoms with Crippen LogP contribution in [0.2, 0.25) is 0 Å². The topological polar surface area (TPSA) is 114 Å². The number of primary amides is 1. The van der Waals surface area contributed by atoms with Crippen molar-refractivity contribution >= 4 is 18.0 Å². The van der Waals surface area contributed by atoms with Crippen LogP contribution in [-0.2, 0) is 11.4 Å². The number of nitrogens with zero attached hydrogens (tertiary/aromatic N) is 1. The van der Waals surface area contributed by atoms with Crippen molar-refractivity contribution in [1.29, 1.82) is 5.26 Å². The Hall–Kier alpha value is -3.86. The summed E-state index contributed by atoms with van der Waals surface area (Å²) < 4.78 is 24.5. The summed E-state index contributed by atoms with van der Waals surface area (Å²) >= 11 is 0. The first-order chi connectivity index (χ1) is 13.4. The molecule has 7 nitrogen and oxygen atoms in total. The first-order valence-electron chi connectivity index (χ1n) is 8.29. The summed E-state index contributed by atoms with van der Waals surface area (Å²) in [5.74, 6) is -0.451. The van der Waals surface area contributed by atoms with Gasteiger partial charge in [0.2, 0.25) is 0 Å². The van der Waals surface area contributed by atoms with E-state index in [1.54, 1.807) is 43.3 Å². The highest BCUT2D eigenvalue weighted by molar-refractivity contribution is 6.08. The van der Waals surface area contributed by atoms with Crippen molar-refractivity contribution in [2.75, 3.05) is 6.61 Å². The minimum Gasteiger partial charge on any atom is -0.490 e. The van der Waals surface area contributed by atoms with E-state index in [4.69, 9.17) is 20.5 Å². The zero-order valence-corrected chi connectivity index (χ0v) is 15.1. The Labute approximate surface area is 161 Å². The third-order valence-corrected chi connectivity index (χ3v) is 3.46. The van der Waals surface area contributed by atoms with Gasteiger partial charge in [-0.1, -0.05) is 18.2 Å². The monoisotopic (exact) mass is 383 g/mol. The lowest BCUT2D eigenvalue weighted by Crippen LogP contribution is -2.35. The molecule has 3 N–H and O–H groups in total. The zero-order chi connectivity index (χ0) is 20.5. The van der Waals surface area contributed by atoms with E-state index in [9.17, 15) is 14.0 Å². The van der Waals surface area contributed by atoms with Gasteiger partial charge < -0.3 is 15.2 Å². The van der Waals surface area contributed by atoms with E-state index in [2.05, 4.69) is 0 Å². The van der Waals surface area contributed by atoms with Gasteiger partial charge in [-0.15, -0.1) is 0 Å². The molecule has 0 saturated heterocycles. The number of halogens is 1. The van der Waals surface area contributed by atoms with Crippen LogP contribution >= 0.6 is 0 Å². The average molecular weight is 383 g/mol. The Bertz CT molecular complexity index is 951. The fraction of sp³-hybridized carbons (Fsp3) is 0.150. The predicted molar refractivity (Wildman–Crippen MR) is 99.7 cm³/mol. The fourth-order valence-electron chi connectivity index (χ4n) is 2.28. The summed E-state index contributed by atoms with van der Waals surface area (Å²) in [7, 11) is 0. The van der Waals surface area contributed by atoms with Gasteiger partial charge in [0.1, 0.15) is 24.1 Å². The molecule has 0 unspecified atom stereocenters. The number of hydrogen-bond donors (Lipinski definition) is 2. The standard InChI is InChI=1S/C20H18FN3O4/c1-2-27-18-10-13(8-15(11-22)19(25)24-20(23)26)6-7-17(18)28-12-14-4-3-5-16(21)9-14/h3-10H,2,12H2,1H3,(H3,23,24,25,26)/b15-8-. The van der Waals surface area contributed by atoms with Crippen molar-refractivity contribution in [2.45, 2.75) is 13.5 Å². The number of carbonyl (C=O) groups is 2. The molecule has 0 saturated carbocycles. The molecule has 0 spiro atoms. The smallest absolute Gasteiger partial charge is 0.319 e. The molecule has 3 amide bonds. The Morgan fingerprint density at radius 2 is 2.00 bits per heavy atom. The van der Waals surface area contributed by atoms with Crippen LogP contribution in [0.15, 0.2) is 48.0 Å². The number of benzene rings is 2. The molecule has 0 fully saturated rings. The molecule has 0 atom stereocenters. The first kappa shape index (κ1) is 20.5. The van der Waals surface area contributed by atoms with Crippen molar-refractivity contribution in [3.8, 4) is 17.6 Å². The molecule has 0 bridgehead atoms. The lowest BCUT2D eigenvalue weighted by molar-refractivity contribution is -0.115. The van der Waals surface area contributed by atoms with Gasteiger partial charge in [0, 0.05) is 0 Å². The second-order valence-electron chi connectivity index (χ2n) is 5.55. The second-order valence-corrected chi connectivity index (χ2v) is 5.55. The van der Waals surface area contributed by atoms with Gasteiger partial charge in [-0.25, -0.2) is 9.18 Å². The maximum absolute atomic E-state index is 13.3. The highest BCUT2D eigenvalue weighted by Gasteiger charge is 2.12. The number of nitrogens with one attached hydrogen (secondary N) is 1. The molecule has 8 heteroatoms. The number of imide groups is 1. The number of carbonyl (C=O) groups excluding carboxylic acids is 2. The minimum atomic E-state index is -1.05. The third kappa shape index (κ3) is 5.85. The van der Waals surface area contributed by atoms with Crippen LogP contribution in [0.1, 0.15) is 18.1 Å². The maximum atomic E-state index is 13.3. The minimum absolute atomic E-state index is 0.136. The Morgan fingerprint density at radius 3 is 2.64 bits per heavy atom. The first-order valence-corrected chi connectivity index (χ1v) is 8.29. The maximum Gasteiger partial charge on any atom is 0.319 e. The van der Waals surface area contributed by atoms with Crippen LogP contribution in [0.3, 0.4) is 0 Å². The summed E-state index contributed by atoms with van der Waals surface area (Å²) in [6.45, 7) is 2.29. The summed E-state index contributed by atoms with van der Waals surface area (Å²) in [6.07, 6.45) is 1.29. The van der Waals surface area contributed by atoms with Gasteiger partial charge in [-0.2, -0.15) is 5.26 Å². The lowest BCUT2D eigenvalue weighted by Gasteiger charge is -2.13. The van der Waals surface area contributed by atoms with Crippen LogP contribution in [0, 0.1) is 17.1 Å². The van der Waals surface area contributed by atoms with E-state index in [1.165, 1.54) is 18.2 Å². The molecule has 28 heavy (non-hydrogen) atoms. The van der Waals surface area contributed by atoms with Crippen molar-refractivity contribution in [3.05, 3.63) is 65.0 Å². The van der Waals surface area contributed by atoms with Crippen molar-refractivity contribution in [1.82, 2.24) is 5.32 Å². The van der Waals surface area contributed by atoms with Gasteiger partial charge in [0.25, 0.3) is 5.91 Å². The van der Waals surface area contributed by atoms with E-state index in [0.717, 1.165) is 0 Å². The summed E-state index contributed by atoms with van der Waals surface area (Å²) in [6, 6.07) is 11.5. The number of ether oxygens (including phenoxy) is 2. The van der Waals surface area contributed by atoms with Gasteiger partial charge >= 0.3 is 6.03 Å². The molecule has 0 aromatic heterocycles. The molecule has 144 valence electrons. The number of urea groups is 1. The van der Waals surface area contributed by atoms with Gasteiger partial charge in [0.15, 0.2) is 11.5 Å². The molecule has 2 aromatic carbocycles. The van der Waals surface area contributed by atoms with E-state index >= 15 is 0 Å². The van der Waals surface area contributed by atoms with Gasteiger partial charge in [-0.3, -0.25) is 10.1 Å². The van der Waals surface area contributed by atoms with Crippen LogP contribution in [0.25, 0.3) is 6.08 Å². The van der Waals surface area contributed by atoms with Crippen LogP contribution in [0.4, 0.5) is 9.18 Å². The van der Waals surface area contributed by atoms with E-state index in [1.807, 2.05) is 5.32 Å². The Morgan fingerprint density at radius 1 is 1.21 bits per heavy atom. The molecule has 2 rings (SSSR count). The molecular weight excluding hydrogens is 365 g/mol. The van der Waals surface area contributed by atoms with Crippen molar-refractivity contribution in [2.24, 2.45) is 5.73 Å². The summed E-state index contributed by atoms with van der Waals surface area (Å²) in [5, 5.41) is 10.9. The van der Waals surface area contributed by atoms with E-state index < -0.39 is 11.9 Å². The van der Waals surface area contributed by atoms with E-state index in [-0.39, 0.29) is 18.0 Å². The normalized spacial score (nSPS) is 10.7. The third-order valence-electron chi connectivity index (χ3n) is 3.46. The van der Waals surface area contributed by atoms with Crippen molar-refractivity contribution < 1.29 is 23.5 Å². The van der Waals surface area contributed by atoms with Gasteiger partial charge in [-0.05, 0) is 48.4 Å². The highest BCUT2D eigenvalue weighted by Crippen LogP contribution is 2.30. The number of nitriles is 1. The SMILES string of the molecule is CCOc1cc(/C=C(/C#N)C(=O)NC(N)=O)ccc1OCc1cccc(F)c1. The quantitative estimate of drug-likeness (QED) is 0.564.